The molecule has 0 saturated heterocycles. The second-order valence-corrected chi connectivity index (χ2v) is 3.33. The van der Waals surface area contributed by atoms with Crippen LogP contribution in [0, 0.1) is 6.57 Å². The molecule has 0 aliphatic heterocycles. The molecule has 2 aromatic rings. The van der Waals surface area contributed by atoms with Crippen molar-refractivity contribution in [3.05, 3.63) is 40.8 Å². The van der Waals surface area contributed by atoms with Crippen molar-refractivity contribution in [3.63, 3.8) is 0 Å². The largest absolute Gasteiger partial charge is 0.362 e. The van der Waals surface area contributed by atoms with E-state index in [0.717, 1.165) is 10.9 Å². The molecule has 1 aromatic carbocycles. The highest BCUT2D eigenvalue weighted by Gasteiger charge is 2.05. The summed E-state index contributed by atoms with van der Waals surface area (Å²) in [7, 11) is 1.91. The zero-order valence-electron chi connectivity index (χ0n) is 7.08. The zero-order valence-corrected chi connectivity index (χ0v) is 7.84. The van der Waals surface area contributed by atoms with E-state index in [2.05, 4.69) is 4.85 Å². The Morgan fingerprint density at radius 1 is 1.46 bits per heavy atom. The molecule has 1 heterocycles. The highest BCUT2D eigenvalue weighted by molar-refractivity contribution is 6.31. The van der Waals surface area contributed by atoms with Crippen molar-refractivity contribution in [2.75, 3.05) is 0 Å². The Morgan fingerprint density at radius 2 is 2.23 bits per heavy atom. The SMILES string of the molecule is [C-]#[N+]c1cn(C)c2cc(Cl)ccc12. The van der Waals surface area contributed by atoms with Crippen molar-refractivity contribution >= 4 is 28.2 Å². The fourth-order valence-electron chi connectivity index (χ4n) is 1.42. The third kappa shape index (κ3) is 1.18. The van der Waals surface area contributed by atoms with E-state index in [1.54, 1.807) is 6.07 Å². The van der Waals surface area contributed by atoms with E-state index in [4.69, 9.17) is 18.2 Å². The molecule has 0 unspecified atom stereocenters. The van der Waals surface area contributed by atoms with Crippen LogP contribution in [0.1, 0.15) is 0 Å². The Hall–Kier alpha value is -1.46. The van der Waals surface area contributed by atoms with E-state index < -0.39 is 0 Å². The minimum absolute atomic E-state index is 0.675. The first-order valence-electron chi connectivity index (χ1n) is 3.84. The van der Waals surface area contributed by atoms with Gasteiger partial charge in [-0.2, -0.15) is 0 Å². The summed E-state index contributed by atoms with van der Waals surface area (Å²) in [5.74, 6) is 0. The van der Waals surface area contributed by atoms with Gasteiger partial charge in [0.2, 0.25) is 5.69 Å². The van der Waals surface area contributed by atoms with Gasteiger partial charge in [-0.15, -0.1) is 0 Å². The van der Waals surface area contributed by atoms with Crippen molar-refractivity contribution in [1.82, 2.24) is 4.57 Å². The molecule has 3 heteroatoms. The molecule has 0 atom stereocenters. The lowest BCUT2D eigenvalue weighted by atomic mass is 10.2. The Morgan fingerprint density at radius 3 is 2.92 bits per heavy atom. The van der Waals surface area contributed by atoms with Crippen LogP contribution < -0.4 is 0 Å². The first-order valence-corrected chi connectivity index (χ1v) is 4.22. The molecule has 0 fully saturated rings. The second kappa shape index (κ2) is 2.79. The van der Waals surface area contributed by atoms with Crippen molar-refractivity contribution in [1.29, 1.82) is 0 Å². The first kappa shape index (κ1) is 8.15. The van der Waals surface area contributed by atoms with Crippen LogP contribution in [0.3, 0.4) is 0 Å². The number of aryl methyl sites for hydroxylation is 1. The molecule has 2 rings (SSSR count). The molecule has 13 heavy (non-hydrogen) atoms. The maximum atomic E-state index is 6.97. The fourth-order valence-corrected chi connectivity index (χ4v) is 1.59. The number of hydrogen-bond acceptors (Lipinski definition) is 0. The first-order chi connectivity index (χ1) is 6.22. The molecule has 1 aromatic heterocycles. The van der Waals surface area contributed by atoms with Gasteiger partial charge in [0.1, 0.15) is 0 Å². The summed E-state index contributed by atoms with van der Waals surface area (Å²) in [5.41, 5.74) is 1.67. The minimum atomic E-state index is 0.675. The molecule has 64 valence electrons. The lowest BCUT2D eigenvalue weighted by Gasteiger charge is -1.95. The van der Waals surface area contributed by atoms with Crippen LogP contribution in [0.2, 0.25) is 5.02 Å². The van der Waals surface area contributed by atoms with E-state index in [-0.39, 0.29) is 0 Å². The van der Waals surface area contributed by atoms with Crippen LogP contribution in [0.5, 0.6) is 0 Å². The lowest BCUT2D eigenvalue weighted by Crippen LogP contribution is -1.82. The molecule has 0 aliphatic carbocycles. The molecule has 0 N–H and O–H groups in total. The van der Waals surface area contributed by atoms with E-state index in [1.165, 1.54) is 0 Å². The van der Waals surface area contributed by atoms with Crippen LogP contribution in [0.25, 0.3) is 15.7 Å². The molecule has 0 spiro atoms. The summed E-state index contributed by atoms with van der Waals surface area (Å²) >= 11 is 5.85. The Balaban J connectivity index is 2.90. The zero-order chi connectivity index (χ0) is 9.42. The maximum absolute atomic E-state index is 6.97. The Kier molecular flexibility index (Phi) is 1.75. The number of halogens is 1. The van der Waals surface area contributed by atoms with E-state index >= 15 is 0 Å². The van der Waals surface area contributed by atoms with Crippen molar-refractivity contribution in [2.24, 2.45) is 7.05 Å². The third-order valence-electron chi connectivity index (χ3n) is 2.05. The normalized spacial score (nSPS) is 10.2. The van der Waals surface area contributed by atoms with Gasteiger partial charge in [-0.1, -0.05) is 17.7 Å². The van der Waals surface area contributed by atoms with Crippen molar-refractivity contribution < 1.29 is 0 Å². The minimum Gasteiger partial charge on any atom is -0.362 e. The van der Waals surface area contributed by atoms with Crippen LogP contribution in [-0.4, -0.2) is 4.57 Å². The number of rotatable bonds is 0. The van der Waals surface area contributed by atoms with E-state index in [0.29, 0.717) is 10.7 Å². The summed E-state index contributed by atoms with van der Waals surface area (Å²) < 4.78 is 1.91. The number of fused-ring (bicyclic) bond motifs is 1. The van der Waals surface area contributed by atoms with Gasteiger partial charge in [0, 0.05) is 29.2 Å². The van der Waals surface area contributed by atoms with Gasteiger partial charge < -0.3 is 4.57 Å². The number of benzene rings is 1. The van der Waals surface area contributed by atoms with Crippen molar-refractivity contribution in [3.8, 4) is 0 Å². The average Bonchev–Trinajstić information content (AvgIpc) is 2.43. The van der Waals surface area contributed by atoms with Gasteiger partial charge in [-0.25, -0.2) is 4.85 Å². The predicted molar refractivity (Wildman–Crippen MR) is 54.2 cm³/mol. The Labute approximate surface area is 81.2 Å². The topological polar surface area (TPSA) is 9.29 Å². The molecule has 0 radical (unpaired) electrons. The number of nitrogens with zero attached hydrogens (tertiary/aromatic N) is 2. The van der Waals surface area contributed by atoms with Gasteiger partial charge in [-0.05, 0) is 12.1 Å². The summed E-state index contributed by atoms with van der Waals surface area (Å²) in [6.07, 6.45) is 1.81. The fraction of sp³-hybridized carbons (Fsp3) is 0.100. The van der Waals surface area contributed by atoms with Gasteiger partial charge in [0.25, 0.3) is 0 Å². The molecular weight excluding hydrogens is 184 g/mol. The van der Waals surface area contributed by atoms with Crippen LogP contribution in [0.4, 0.5) is 5.69 Å². The van der Waals surface area contributed by atoms with Crippen LogP contribution >= 0.6 is 11.6 Å². The van der Waals surface area contributed by atoms with Crippen LogP contribution in [0.15, 0.2) is 24.4 Å². The summed E-state index contributed by atoms with van der Waals surface area (Å²) in [6.45, 7) is 6.97. The van der Waals surface area contributed by atoms with E-state index in [9.17, 15) is 0 Å². The van der Waals surface area contributed by atoms with Gasteiger partial charge in [0.05, 0.1) is 6.57 Å². The summed E-state index contributed by atoms with van der Waals surface area (Å²) in [4.78, 5) is 3.44. The number of hydrogen-bond donors (Lipinski definition) is 0. The molecule has 0 saturated carbocycles. The van der Waals surface area contributed by atoms with Gasteiger partial charge in [0.15, 0.2) is 0 Å². The molecule has 2 nitrogen and oxygen atoms in total. The summed E-state index contributed by atoms with van der Waals surface area (Å²) in [5, 5.41) is 1.66. The van der Waals surface area contributed by atoms with Crippen LogP contribution in [-0.2, 0) is 7.05 Å². The van der Waals surface area contributed by atoms with Gasteiger partial charge >= 0.3 is 0 Å². The quantitative estimate of drug-likeness (QED) is 0.564. The van der Waals surface area contributed by atoms with Crippen molar-refractivity contribution in [2.45, 2.75) is 0 Å². The maximum Gasteiger partial charge on any atom is 0.212 e. The second-order valence-electron chi connectivity index (χ2n) is 2.90. The standard InChI is InChI=1S/C10H7ClN2/c1-12-9-6-13(2)10-5-7(11)3-4-8(9)10/h3-6H,2H3. The Bertz CT molecular complexity index is 505. The lowest BCUT2D eigenvalue weighted by molar-refractivity contribution is 0.971. The highest BCUT2D eigenvalue weighted by atomic mass is 35.5. The van der Waals surface area contributed by atoms with E-state index in [1.807, 2.05) is 29.9 Å². The molecule has 0 aliphatic rings. The highest BCUT2D eigenvalue weighted by Crippen LogP contribution is 2.29. The van der Waals surface area contributed by atoms with Gasteiger partial charge in [-0.3, -0.25) is 0 Å². The summed E-state index contributed by atoms with van der Waals surface area (Å²) in [6, 6.07) is 5.55. The third-order valence-corrected chi connectivity index (χ3v) is 2.29. The number of aromatic nitrogens is 1. The molecular formula is C10H7ClN2. The average molecular weight is 191 g/mol. The molecule has 0 bridgehead atoms. The predicted octanol–water partition coefficient (Wildman–Crippen LogP) is 3.38. The smallest absolute Gasteiger partial charge is 0.212 e. The monoisotopic (exact) mass is 190 g/mol. The molecule has 0 amide bonds.